The molecular weight excluding hydrogens is 430 g/mol. The number of amides is 2. The van der Waals surface area contributed by atoms with Gasteiger partial charge in [0.1, 0.15) is 5.75 Å². The molecule has 0 atom stereocenters. The Morgan fingerprint density at radius 2 is 1.75 bits per heavy atom. The zero-order chi connectivity index (χ0) is 22.9. The number of nitrogens with one attached hydrogen (secondary N) is 2. The van der Waals surface area contributed by atoms with Crippen molar-refractivity contribution in [1.82, 2.24) is 10.7 Å². The average molecular weight is 450 g/mol. The van der Waals surface area contributed by atoms with Gasteiger partial charge in [-0.25, -0.2) is 10.2 Å². The van der Waals surface area contributed by atoms with E-state index in [0.717, 1.165) is 5.56 Å². The number of nitrogens with zero attached hydrogens (tertiary/aromatic N) is 1. The Morgan fingerprint density at radius 3 is 2.47 bits per heavy atom. The highest BCUT2D eigenvalue weighted by Crippen LogP contribution is 2.16. The second kappa shape index (κ2) is 10.9. The molecular formula is C24H20ClN3O4. The summed E-state index contributed by atoms with van der Waals surface area (Å²) < 4.78 is 5.30. The van der Waals surface area contributed by atoms with E-state index in [4.69, 9.17) is 16.3 Å². The van der Waals surface area contributed by atoms with Gasteiger partial charge in [-0.05, 0) is 66.6 Å². The highest BCUT2D eigenvalue weighted by molar-refractivity contribution is 6.30. The van der Waals surface area contributed by atoms with E-state index >= 15 is 0 Å². The number of rotatable bonds is 7. The zero-order valence-electron chi connectivity index (χ0n) is 17.2. The van der Waals surface area contributed by atoms with Crippen LogP contribution in [0.3, 0.4) is 0 Å². The van der Waals surface area contributed by atoms with Crippen molar-refractivity contribution in [2.24, 2.45) is 5.10 Å². The SMILES string of the molecule is Cc1ccccc1C(=O)NCC(=O)N/N=C\c1ccc(OC(=O)c2cccc(Cl)c2)cc1. The van der Waals surface area contributed by atoms with Crippen LogP contribution in [0.4, 0.5) is 0 Å². The first-order valence-electron chi connectivity index (χ1n) is 9.66. The minimum atomic E-state index is -0.520. The molecule has 0 aliphatic rings. The summed E-state index contributed by atoms with van der Waals surface area (Å²) in [6.07, 6.45) is 1.43. The van der Waals surface area contributed by atoms with E-state index in [1.54, 1.807) is 54.6 Å². The molecule has 0 bridgehead atoms. The van der Waals surface area contributed by atoms with Gasteiger partial charge in [0.25, 0.3) is 11.8 Å². The van der Waals surface area contributed by atoms with Crippen LogP contribution < -0.4 is 15.5 Å². The Labute approximate surface area is 190 Å². The number of carbonyl (C=O) groups excluding carboxylic acids is 3. The number of hydrogen-bond acceptors (Lipinski definition) is 5. The third-order valence-corrected chi connectivity index (χ3v) is 4.59. The Balaban J connectivity index is 1.46. The number of benzene rings is 3. The summed E-state index contributed by atoms with van der Waals surface area (Å²) >= 11 is 5.88. The largest absolute Gasteiger partial charge is 0.423 e. The van der Waals surface area contributed by atoms with Gasteiger partial charge < -0.3 is 10.1 Å². The summed E-state index contributed by atoms with van der Waals surface area (Å²) in [5, 5.41) is 6.86. The quantitative estimate of drug-likeness (QED) is 0.248. The molecule has 0 aliphatic heterocycles. The summed E-state index contributed by atoms with van der Waals surface area (Å²) in [6, 6.07) is 20.1. The van der Waals surface area contributed by atoms with Gasteiger partial charge in [0.15, 0.2) is 0 Å². The summed E-state index contributed by atoms with van der Waals surface area (Å²) in [5.74, 6) is -0.954. The van der Waals surface area contributed by atoms with E-state index < -0.39 is 11.9 Å². The molecule has 3 aromatic rings. The molecule has 3 aromatic carbocycles. The first kappa shape index (κ1) is 22.7. The van der Waals surface area contributed by atoms with Crippen molar-refractivity contribution >= 4 is 35.6 Å². The molecule has 0 aliphatic carbocycles. The van der Waals surface area contributed by atoms with Crippen molar-refractivity contribution in [3.63, 3.8) is 0 Å². The summed E-state index contributed by atoms with van der Waals surface area (Å²) in [6.45, 7) is 1.62. The second-order valence-electron chi connectivity index (χ2n) is 6.76. The molecule has 0 saturated heterocycles. The highest BCUT2D eigenvalue weighted by Gasteiger charge is 2.10. The van der Waals surface area contributed by atoms with E-state index in [0.29, 0.717) is 27.5 Å². The van der Waals surface area contributed by atoms with Gasteiger partial charge in [-0.3, -0.25) is 9.59 Å². The van der Waals surface area contributed by atoms with Crippen LogP contribution >= 0.6 is 11.6 Å². The molecule has 0 fully saturated rings. The molecule has 0 spiro atoms. The maximum Gasteiger partial charge on any atom is 0.343 e. The van der Waals surface area contributed by atoms with Crippen molar-refractivity contribution in [1.29, 1.82) is 0 Å². The van der Waals surface area contributed by atoms with Gasteiger partial charge in [0, 0.05) is 10.6 Å². The van der Waals surface area contributed by atoms with Crippen LogP contribution in [0.5, 0.6) is 5.75 Å². The van der Waals surface area contributed by atoms with Crippen LogP contribution in [0, 0.1) is 6.92 Å². The van der Waals surface area contributed by atoms with Crippen LogP contribution in [0.25, 0.3) is 0 Å². The fourth-order valence-electron chi connectivity index (χ4n) is 2.71. The van der Waals surface area contributed by atoms with Gasteiger partial charge in [0.05, 0.1) is 18.3 Å². The molecule has 32 heavy (non-hydrogen) atoms. The number of carbonyl (C=O) groups is 3. The number of hydrazone groups is 1. The molecule has 0 unspecified atom stereocenters. The number of esters is 1. The molecule has 3 rings (SSSR count). The normalized spacial score (nSPS) is 10.6. The first-order chi connectivity index (χ1) is 15.4. The molecule has 0 saturated carbocycles. The number of halogens is 1. The van der Waals surface area contributed by atoms with Crippen molar-refractivity contribution in [3.8, 4) is 5.75 Å². The first-order valence-corrected chi connectivity index (χ1v) is 10.0. The van der Waals surface area contributed by atoms with Crippen molar-refractivity contribution in [3.05, 3.63) is 100 Å². The Morgan fingerprint density at radius 1 is 1.00 bits per heavy atom. The minimum Gasteiger partial charge on any atom is -0.423 e. The molecule has 162 valence electrons. The van der Waals surface area contributed by atoms with E-state index in [1.165, 1.54) is 12.3 Å². The standard InChI is InChI=1S/C24H20ClN3O4/c1-16-5-2-3-8-21(16)23(30)26-15-22(29)28-27-14-17-9-11-20(12-10-17)32-24(31)18-6-4-7-19(25)13-18/h2-14H,15H2,1H3,(H,26,30)(H,28,29)/b27-14-. The van der Waals surface area contributed by atoms with Crippen LogP contribution in [-0.4, -0.2) is 30.5 Å². The monoisotopic (exact) mass is 449 g/mol. The molecule has 0 heterocycles. The summed E-state index contributed by atoms with van der Waals surface area (Å²) in [7, 11) is 0. The van der Waals surface area contributed by atoms with E-state index in [1.807, 2.05) is 19.1 Å². The Bertz CT molecular complexity index is 1160. The van der Waals surface area contributed by atoms with Gasteiger partial charge in [-0.2, -0.15) is 5.10 Å². The van der Waals surface area contributed by atoms with Gasteiger partial charge in [-0.15, -0.1) is 0 Å². The number of ether oxygens (including phenoxy) is 1. The van der Waals surface area contributed by atoms with Crippen molar-refractivity contribution < 1.29 is 19.1 Å². The molecule has 2 N–H and O–H groups in total. The van der Waals surface area contributed by atoms with E-state index in [9.17, 15) is 14.4 Å². The maximum atomic E-state index is 12.1. The maximum absolute atomic E-state index is 12.1. The minimum absolute atomic E-state index is 0.205. The lowest BCUT2D eigenvalue weighted by atomic mass is 10.1. The lowest BCUT2D eigenvalue weighted by Crippen LogP contribution is -2.35. The predicted molar refractivity (Wildman–Crippen MR) is 122 cm³/mol. The third kappa shape index (κ3) is 6.52. The van der Waals surface area contributed by atoms with Crippen LogP contribution in [0.2, 0.25) is 5.02 Å². The molecule has 0 radical (unpaired) electrons. The Hall–Kier alpha value is -3.97. The van der Waals surface area contributed by atoms with Crippen LogP contribution in [-0.2, 0) is 4.79 Å². The molecule has 8 heteroatoms. The fraction of sp³-hybridized carbons (Fsp3) is 0.0833. The van der Waals surface area contributed by atoms with Gasteiger partial charge in [-0.1, -0.05) is 35.9 Å². The average Bonchev–Trinajstić information content (AvgIpc) is 2.79. The smallest absolute Gasteiger partial charge is 0.343 e. The fourth-order valence-corrected chi connectivity index (χ4v) is 2.90. The molecule has 0 aromatic heterocycles. The van der Waals surface area contributed by atoms with Crippen molar-refractivity contribution in [2.75, 3.05) is 6.54 Å². The lowest BCUT2D eigenvalue weighted by Gasteiger charge is -2.06. The van der Waals surface area contributed by atoms with Gasteiger partial charge >= 0.3 is 5.97 Å². The second-order valence-corrected chi connectivity index (χ2v) is 7.20. The highest BCUT2D eigenvalue weighted by atomic mass is 35.5. The number of hydrogen-bond donors (Lipinski definition) is 2. The molecule has 7 nitrogen and oxygen atoms in total. The summed E-state index contributed by atoms with van der Waals surface area (Å²) in [5.41, 5.74) is 4.71. The molecule has 2 amide bonds. The number of aryl methyl sites for hydroxylation is 1. The van der Waals surface area contributed by atoms with Gasteiger partial charge in [0.2, 0.25) is 0 Å². The van der Waals surface area contributed by atoms with Crippen LogP contribution in [0.1, 0.15) is 31.8 Å². The topological polar surface area (TPSA) is 96.9 Å². The lowest BCUT2D eigenvalue weighted by molar-refractivity contribution is -0.120. The Kier molecular flexibility index (Phi) is 7.72. The van der Waals surface area contributed by atoms with E-state index in [2.05, 4.69) is 15.8 Å². The van der Waals surface area contributed by atoms with Crippen LogP contribution in [0.15, 0.2) is 77.9 Å². The third-order valence-electron chi connectivity index (χ3n) is 4.35. The van der Waals surface area contributed by atoms with Crippen molar-refractivity contribution in [2.45, 2.75) is 6.92 Å². The zero-order valence-corrected chi connectivity index (χ0v) is 17.9. The predicted octanol–water partition coefficient (Wildman–Crippen LogP) is 3.75. The summed E-state index contributed by atoms with van der Waals surface area (Å²) in [4.78, 5) is 36.1. The van der Waals surface area contributed by atoms with E-state index in [-0.39, 0.29) is 12.5 Å².